The minimum absolute atomic E-state index is 0.0379. The summed E-state index contributed by atoms with van der Waals surface area (Å²) in [4.78, 5) is 13.3. The van der Waals surface area contributed by atoms with E-state index < -0.39 is 5.97 Å². The quantitative estimate of drug-likeness (QED) is 0.869. The number of aryl methyl sites for hydroxylation is 1. The summed E-state index contributed by atoms with van der Waals surface area (Å²) in [5, 5.41) is 9.08. The van der Waals surface area contributed by atoms with Crippen molar-refractivity contribution in [1.82, 2.24) is 4.90 Å². The summed E-state index contributed by atoms with van der Waals surface area (Å²) >= 11 is 0. The highest BCUT2D eigenvalue weighted by atomic mass is 16.4. The molecule has 3 heteroatoms. The second-order valence-corrected chi connectivity index (χ2v) is 4.95. The van der Waals surface area contributed by atoms with Gasteiger partial charge in [0.25, 0.3) is 0 Å². The van der Waals surface area contributed by atoms with Gasteiger partial charge in [-0.05, 0) is 43.5 Å². The number of likely N-dealkylation sites (tertiary alicyclic amines) is 1. The van der Waals surface area contributed by atoms with Crippen LogP contribution in [0, 0.1) is 0 Å². The van der Waals surface area contributed by atoms with Gasteiger partial charge in [0.2, 0.25) is 0 Å². The van der Waals surface area contributed by atoms with Gasteiger partial charge in [-0.1, -0.05) is 31.2 Å². The molecular weight excluding hydrogens is 226 g/mol. The van der Waals surface area contributed by atoms with E-state index in [4.69, 9.17) is 5.11 Å². The molecule has 0 spiro atoms. The van der Waals surface area contributed by atoms with Gasteiger partial charge in [0, 0.05) is 6.04 Å². The predicted octanol–water partition coefficient (Wildman–Crippen LogP) is 2.86. The lowest BCUT2D eigenvalue weighted by molar-refractivity contribution is -0.138. The highest BCUT2D eigenvalue weighted by molar-refractivity contribution is 5.68. The minimum Gasteiger partial charge on any atom is -0.481 e. The molecule has 0 radical (unpaired) electrons. The first-order chi connectivity index (χ1) is 8.70. The molecule has 0 aliphatic carbocycles. The first-order valence-electron chi connectivity index (χ1n) is 6.75. The van der Waals surface area contributed by atoms with Crippen LogP contribution in [0.4, 0.5) is 0 Å². The molecule has 1 atom stereocenters. The number of benzene rings is 1. The summed E-state index contributed by atoms with van der Waals surface area (Å²) in [6, 6.07) is 8.44. The monoisotopic (exact) mass is 247 g/mol. The molecule has 1 fully saturated rings. The predicted molar refractivity (Wildman–Crippen MR) is 71.6 cm³/mol. The van der Waals surface area contributed by atoms with Crippen LogP contribution in [0.2, 0.25) is 0 Å². The van der Waals surface area contributed by atoms with Crippen molar-refractivity contribution in [3.05, 3.63) is 35.4 Å². The average Bonchev–Trinajstić information content (AvgIpc) is 2.89. The van der Waals surface area contributed by atoms with Gasteiger partial charge < -0.3 is 5.11 Å². The molecule has 1 N–H and O–H groups in total. The van der Waals surface area contributed by atoms with Crippen molar-refractivity contribution in [2.24, 2.45) is 0 Å². The van der Waals surface area contributed by atoms with Gasteiger partial charge in [-0.3, -0.25) is 9.69 Å². The zero-order valence-electron chi connectivity index (χ0n) is 10.9. The molecular formula is C15H21NO2. The van der Waals surface area contributed by atoms with Crippen LogP contribution in [0.5, 0.6) is 0 Å². The van der Waals surface area contributed by atoms with E-state index in [1.807, 2.05) is 0 Å². The van der Waals surface area contributed by atoms with Gasteiger partial charge in [-0.25, -0.2) is 0 Å². The average molecular weight is 247 g/mol. The topological polar surface area (TPSA) is 40.5 Å². The summed E-state index contributed by atoms with van der Waals surface area (Å²) < 4.78 is 0. The molecule has 1 aliphatic heterocycles. The largest absolute Gasteiger partial charge is 0.481 e. The van der Waals surface area contributed by atoms with Gasteiger partial charge in [-0.15, -0.1) is 0 Å². The van der Waals surface area contributed by atoms with Gasteiger partial charge in [0.05, 0.1) is 6.42 Å². The van der Waals surface area contributed by atoms with Gasteiger partial charge in [0.15, 0.2) is 0 Å². The first-order valence-corrected chi connectivity index (χ1v) is 6.75. The molecule has 1 aromatic rings. The zero-order chi connectivity index (χ0) is 13.0. The Bertz CT molecular complexity index is 393. The maximum absolute atomic E-state index is 11.0. The van der Waals surface area contributed by atoms with Crippen molar-refractivity contribution < 1.29 is 9.90 Å². The standard InChI is InChI=1S/C15H21NO2/c1-2-12-5-7-13(8-6-12)14(11-15(17)18)16-9-3-4-10-16/h5-8,14H,2-4,9-11H2,1H3,(H,17,18). The Morgan fingerprint density at radius 1 is 1.28 bits per heavy atom. The summed E-state index contributed by atoms with van der Waals surface area (Å²) in [6.45, 7) is 4.17. The first kappa shape index (κ1) is 13.1. The van der Waals surface area contributed by atoms with Crippen molar-refractivity contribution in [1.29, 1.82) is 0 Å². The number of carboxylic acid groups (broad SMARTS) is 1. The van der Waals surface area contributed by atoms with E-state index in [2.05, 4.69) is 36.1 Å². The number of nitrogens with zero attached hydrogens (tertiary/aromatic N) is 1. The Labute approximate surface area is 108 Å². The van der Waals surface area contributed by atoms with Crippen molar-refractivity contribution in [2.75, 3.05) is 13.1 Å². The van der Waals surface area contributed by atoms with E-state index >= 15 is 0 Å². The Morgan fingerprint density at radius 3 is 2.39 bits per heavy atom. The van der Waals surface area contributed by atoms with Crippen LogP contribution < -0.4 is 0 Å². The Balaban J connectivity index is 2.17. The Hall–Kier alpha value is -1.35. The molecule has 18 heavy (non-hydrogen) atoms. The van der Waals surface area contributed by atoms with Gasteiger partial charge in [-0.2, -0.15) is 0 Å². The van der Waals surface area contributed by atoms with Crippen molar-refractivity contribution >= 4 is 5.97 Å². The number of carbonyl (C=O) groups is 1. The molecule has 98 valence electrons. The summed E-state index contributed by atoms with van der Waals surface area (Å²) in [5.74, 6) is -0.716. The SMILES string of the molecule is CCc1ccc(C(CC(=O)O)N2CCCC2)cc1. The molecule has 1 aliphatic rings. The minimum atomic E-state index is -0.716. The van der Waals surface area contributed by atoms with E-state index in [0.717, 1.165) is 25.1 Å². The van der Waals surface area contributed by atoms with Crippen molar-refractivity contribution in [3.8, 4) is 0 Å². The molecule has 1 aromatic carbocycles. The van der Waals surface area contributed by atoms with Gasteiger partial charge in [0.1, 0.15) is 0 Å². The summed E-state index contributed by atoms with van der Waals surface area (Å²) in [6.07, 6.45) is 3.59. The highest BCUT2D eigenvalue weighted by Crippen LogP contribution is 2.28. The van der Waals surface area contributed by atoms with Crippen LogP contribution in [0.25, 0.3) is 0 Å². The Kier molecular flexibility index (Phi) is 4.37. The fourth-order valence-electron chi connectivity index (χ4n) is 2.65. The fourth-order valence-corrected chi connectivity index (χ4v) is 2.65. The van der Waals surface area contributed by atoms with Crippen molar-refractivity contribution in [2.45, 2.75) is 38.6 Å². The van der Waals surface area contributed by atoms with Crippen molar-refractivity contribution in [3.63, 3.8) is 0 Å². The summed E-state index contributed by atoms with van der Waals surface area (Å²) in [7, 11) is 0. The zero-order valence-corrected chi connectivity index (χ0v) is 10.9. The third-order valence-electron chi connectivity index (χ3n) is 3.72. The molecule has 0 amide bonds. The molecule has 0 saturated carbocycles. The number of hydrogen-bond acceptors (Lipinski definition) is 2. The molecule has 1 saturated heterocycles. The van der Waals surface area contributed by atoms with E-state index in [1.54, 1.807) is 0 Å². The molecule has 0 aromatic heterocycles. The Morgan fingerprint density at radius 2 is 1.89 bits per heavy atom. The number of aliphatic carboxylic acids is 1. The van der Waals surface area contributed by atoms with Crippen LogP contribution in [-0.4, -0.2) is 29.1 Å². The third kappa shape index (κ3) is 3.10. The maximum Gasteiger partial charge on any atom is 0.305 e. The van der Waals surface area contributed by atoms with Crippen LogP contribution in [0.3, 0.4) is 0 Å². The van der Waals surface area contributed by atoms with E-state index in [0.29, 0.717) is 0 Å². The van der Waals surface area contributed by atoms with Crippen LogP contribution >= 0.6 is 0 Å². The van der Waals surface area contributed by atoms with E-state index in [9.17, 15) is 4.79 Å². The summed E-state index contributed by atoms with van der Waals surface area (Å²) in [5.41, 5.74) is 2.44. The molecule has 1 unspecified atom stereocenters. The lowest BCUT2D eigenvalue weighted by Gasteiger charge is -2.26. The lowest BCUT2D eigenvalue weighted by atomic mass is 10.00. The fraction of sp³-hybridized carbons (Fsp3) is 0.533. The second-order valence-electron chi connectivity index (χ2n) is 4.95. The highest BCUT2D eigenvalue weighted by Gasteiger charge is 2.25. The number of rotatable bonds is 5. The van der Waals surface area contributed by atoms with E-state index in [1.165, 1.54) is 18.4 Å². The normalized spacial score (nSPS) is 17.8. The molecule has 1 heterocycles. The number of hydrogen-bond donors (Lipinski definition) is 1. The second kappa shape index (κ2) is 6.01. The molecule has 0 bridgehead atoms. The third-order valence-corrected chi connectivity index (χ3v) is 3.72. The van der Waals surface area contributed by atoms with Gasteiger partial charge >= 0.3 is 5.97 Å². The lowest BCUT2D eigenvalue weighted by Crippen LogP contribution is -2.27. The van der Waals surface area contributed by atoms with Crippen LogP contribution in [-0.2, 0) is 11.2 Å². The smallest absolute Gasteiger partial charge is 0.305 e. The van der Waals surface area contributed by atoms with Crippen LogP contribution in [0.1, 0.15) is 43.4 Å². The molecule has 3 nitrogen and oxygen atoms in total. The number of carboxylic acids is 1. The van der Waals surface area contributed by atoms with Crippen LogP contribution in [0.15, 0.2) is 24.3 Å². The van der Waals surface area contributed by atoms with E-state index in [-0.39, 0.29) is 12.5 Å². The molecule has 2 rings (SSSR count). The maximum atomic E-state index is 11.0.